The topological polar surface area (TPSA) is 121 Å². The zero-order valence-electron chi connectivity index (χ0n) is 9.83. The number of hydrogen-bond acceptors (Lipinski definition) is 5. The third-order valence-corrected chi connectivity index (χ3v) is 2.54. The van der Waals surface area contributed by atoms with E-state index in [-0.39, 0.29) is 12.1 Å². The molecule has 9 heteroatoms. The van der Waals surface area contributed by atoms with Gasteiger partial charge >= 0.3 is 5.69 Å². The highest BCUT2D eigenvalue weighted by atomic mass is 19.1. The molecule has 0 unspecified atom stereocenters. The highest BCUT2D eigenvalue weighted by molar-refractivity contribution is 5.46. The van der Waals surface area contributed by atoms with Gasteiger partial charge in [0.25, 0.3) is 11.2 Å². The summed E-state index contributed by atoms with van der Waals surface area (Å²) < 4.78 is 13.9. The molecule has 0 radical (unpaired) electrons. The molecule has 1 N–H and O–H groups in total. The van der Waals surface area contributed by atoms with Crippen molar-refractivity contribution in [1.29, 1.82) is 0 Å². The average Bonchev–Trinajstić information content (AvgIpc) is 2.37. The maximum atomic E-state index is 13.1. The molecule has 0 aliphatic rings. The maximum absolute atomic E-state index is 13.1. The lowest BCUT2D eigenvalue weighted by atomic mass is 10.2. The van der Waals surface area contributed by atoms with Gasteiger partial charge in [0.05, 0.1) is 17.7 Å². The molecule has 1 heterocycles. The van der Waals surface area contributed by atoms with Crippen LogP contribution in [0.3, 0.4) is 0 Å². The molecule has 0 bridgehead atoms. The Morgan fingerprint density at radius 2 is 2.05 bits per heavy atom. The molecule has 2 aromatic rings. The van der Waals surface area contributed by atoms with Crippen LogP contribution in [0.1, 0.15) is 5.56 Å². The Balaban J connectivity index is 2.43. The Kier molecular flexibility index (Phi) is 3.34. The average molecular weight is 280 g/mol. The summed E-state index contributed by atoms with van der Waals surface area (Å²) in [6, 6.07) is 3.27. The predicted molar refractivity (Wildman–Crippen MR) is 62.9 cm³/mol. The molecule has 0 saturated heterocycles. The summed E-state index contributed by atoms with van der Waals surface area (Å²) in [4.78, 5) is 33.8. The number of aromatic nitrogens is 2. The van der Waals surface area contributed by atoms with Gasteiger partial charge in [-0.15, -0.1) is 0 Å². The zero-order valence-corrected chi connectivity index (χ0v) is 9.83. The first-order valence-corrected chi connectivity index (χ1v) is 5.32. The molecule has 0 aliphatic carbocycles. The number of rotatable bonds is 3. The van der Waals surface area contributed by atoms with E-state index in [2.05, 4.69) is 0 Å². The van der Waals surface area contributed by atoms with Crippen molar-refractivity contribution in [2.75, 3.05) is 0 Å². The smallest absolute Gasteiger partial charge is 0.328 e. The quantitative estimate of drug-likeness (QED) is 0.611. The summed E-state index contributed by atoms with van der Waals surface area (Å²) in [5.74, 6) is -1.92. The fourth-order valence-electron chi connectivity index (χ4n) is 1.60. The molecule has 1 aromatic carbocycles. The van der Waals surface area contributed by atoms with Crippen LogP contribution in [0.4, 0.5) is 10.1 Å². The monoisotopic (exact) mass is 280 g/mol. The number of hydrogen-bond donors (Lipinski definition) is 1. The summed E-state index contributed by atoms with van der Waals surface area (Å²) in [5.41, 5.74) is -2.39. The minimum atomic E-state index is -1.15. The summed E-state index contributed by atoms with van der Waals surface area (Å²) >= 11 is 0. The molecule has 0 spiro atoms. The Morgan fingerprint density at radius 1 is 1.35 bits per heavy atom. The number of nitro groups is 1. The fraction of sp³-hybridized carbons (Fsp3) is 0.0909. The van der Waals surface area contributed by atoms with E-state index in [0.717, 1.165) is 16.7 Å². The molecule has 20 heavy (non-hydrogen) atoms. The second-order valence-corrected chi connectivity index (χ2v) is 3.92. The standard InChI is InChI=1S/C11H8FN3O5/c12-7-5-14(11(18)13-10(7)17)4-6-1-2-9(16)8(3-6)15(19)20/h1-3,5,16H,4H2,(H,13,17,18)/p-1. The van der Waals surface area contributed by atoms with E-state index < -0.39 is 33.4 Å². The second kappa shape index (κ2) is 4.96. The summed E-state index contributed by atoms with van der Waals surface area (Å²) in [6.07, 6.45) is 0.693. The van der Waals surface area contributed by atoms with Gasteiger partial charge in [0.15, 0.2) is 0 Å². The molecule has 0 fully saturated rings. The Hall–Kier alpha value is -2.97. The van der Waals surface area contributed by atoms with Crippen LogP contribution in [0.5, 0.6) is 5.75 Å². The first-order chi connectivity index (χ1) is 9.38. The van der Waals surface area contributed by atoms with E-state index >= 15 is 0 Å². The van der Waals surface area contributed by atoms with Crippen LogP contribution < -0.4 is 16.4 Å². The van der Waals surface area contributed by atoms with E-state index in [4.69, 9.17) is 0 Å². The lowest BCUT2D eigenvalue weighted by Crippen LogP contribution is -2.31. The van der Waals surface area contributed by atoms with Gasteiger partial charge in [0, 0.05) is 6.07 Å². The number of H-pyrrole nitrogens is 1. The van der Waals surface area contributed by atoms with Gasteiger partial charge in [-0.3, -0.25) is 24.5 Å². The SMILES string of the molecule is O=c1[nH]c(=O)n(Cc2ccc([O-])c([N+](=O)[O-])c2)cc1F. The number of aromatic amines is 1. The van der Waals surface area contributed by atoms with Crippen molar-refractivity contribution >= 4 is 5.69 Å². The van der Waals surface area contributed by atoms with Gasteiger partial charge in [-0.1, -0.05) is 12.1 Å². The van der Waals surface area contributed by atoms with Crippen LogP contribution in [-0.2, 0) is 6.54 Å². The predicted octanol–water partition coefficient (Wildman–Crippen LogP) is -0.294. The number of halogens is 1. The zero-order chi connectivity index (χ0) is 14.9. The minimum absolute atomic E-state index is 0.215. The van der Waals surface area contributed by atoms with Crippen molar-refractivity contribution in [3.63, 3.8) is 0 Å². The van der Waals surface area contributed by atoms with E-state index in [1.54, 1.807) is 4.98 Å². The van der Waals surface area contributed by atoms with Crippen LogP contribution in [0.25, 0.3) is 0 Å². The van der Waals surface area contributed by atoms with Gasteiger partial charge in [-0.25, -0.2) is 4.79 Å². The first kappa shape index (κ1) is 13.5. The van der Waals surface area contributed by atoms with Crippen molar-refractivity contribution in [3.05, 3.63) is 66.7 Å². The van der Waals surface area contributed by atoms with Crippen molar-refractivity contribution in [1.82, 2.24) is 9.55 Å². The van der Waals surface area contributed by atoms with Crippen LogP contribution in [0, 0.1) is 15.9 Å². The van der Waals surface area contributed by atoms with Gasteiger partial charge < -0.3 is 5.11 Å². The summed E-state index contributed by atoms with van der Waals surface area (Å²) in [5, 5.41) is 21.8. The van der Waals surface area contributed by atoms with E-state index in [1.165, 1.54) is 6.07 Å². The molecule has 0 aliphatic heterocycles. The highest BCUT2D eigenvalue weighted by Gasteiger charge is 2.10. The fourth-order valence-corrected chi connectivity index (χ4v) is 1.60. The van der Waals surface area contributed by atoms with Crippen molar-refractivity contribution in [2.45, 2.75) is 6.54 Å². The van der Waals surface area contributed by atoms with Crippen LogP contribution in [0.2, 0.25) is 0 Å². The van der Waals surface area contributed by atoms with Crippen molar-refractivity contribution in [2.24, 2.45) is 0 Å². The molecule has 0 saturated carbocycles. The molecular formula is C11H7FN3O5-. The lowest BCUT2D eigenvalue weighted by molar-refractivity contribution is -0.398. The molecule has 104 valence electrons. The summed E-state index contributed by atoms with van der Waals surface area (Å²) in [6.45, 7) is -0.215. The van der Waals surface area contributed by atoms with E-state index in [9.17, 15) is 29.2 Å². The summed E-state index contributed by atoms with van der Waals surface area (Å²) in [7, 11) is 0. The number of benzene rings is 1. The molecule has 0 atom stereocenters. The maximum Gasteiger partial charge on any atom is 0.328 e. The normalized spacial score (nSPS) is 10.4. The van der Waals surface area contributed by atoms with Crippen molar-refractivity contribution < 1.29 is 14.4 Å². The molecule has 8 nitrogen and oxygen atoms in total. The van der Waals surface area contributed by atoms with Crippen LogP contribution in [0.15, 0.2) is 34.0 Å². The third-order valence-electron chi connectivity index (χ3n) is 2.54. The van der Waals surface area contributed by atoms with Crippen molar-refractivity contribution in [3.8, 4) is 5.75 Å². The second-order valence-electron chi connectivity index (χ2n) is 3.92. The van der Waals surface area contributed by atoms with Crippen LogP contribution >= 0.6 is 0 Å². The van der Waals surface area contributed by atoms with Gasteiger partial charge in [-0.2, -0.15) is 4.39 Å². The molecule has 1 aromatic heterocycles. The third kappa shape index (κ3) is 2.55. The van der Waals surface area contributed by atoms with E-state index in [1.807, 2.05) is 0 Å². The lowest BCUT2D eigenvalue weighted by Gasteiger charge is -2.09. The largest absolute Gasteiger partial charge is 0.868 e. The molecule has 2 rings (SSSR count). The number of nitro benzene ring substituents is 1. The number of nitrogens with zero attached hydrogens (tertiary/aromatic N) is 2. The van der Waals surface area contributed by atoms with Gasteiger partial charge in [0.1, 0.15) is 0 Å². The Labute approximate surface area is 109 Å². The van der Waals surface area contributed by atoms with Gasteiger partial charge in [0.2, 0.25) is 5.82 Å². The van der Waals surface area contributed by atoms with E-state index in [0.29, 0.717) is 6.20 Å². The minimum Gasteiger partial charge on any atom is -0.868 e. The Morgan fingerprint density at radius 3 is 2.70 bits per heavy atom. The first-order valence-electron chi connectivity index (χ1n) is 5.32. The molecule has 0 amide bonds. The van der Waals surface area contributed by atoms with Crippen LogP contribution in [-0.4, -0.2) is 14.5 Å². The highest BCUT2D eigenvalue weighted by Crippen LogP contribution is 2.23. The van der Waals surface area contributed by atoms with Gasteiger partial charge in [-0.05, 0) is 11.3 Å². The number of nitrogens with one attached hydrogen (secondary N) is 1. The molecular weight excluding hydrogens is 273 g/mol. The Bertz CT molecular complexity index is 795.